The maximum atomic E-state index is 12.3. The molecular formula is C21H27N2O2+. The first-order chi connectivity index (χ1) is 12.1. The summed E-state index contributed by atoms with van der Waals surface area (Å²) in [5.41, 5.74) is 0.808. The number of nitrogens with one attached hydrogen (secondary N) is 2. The van der Waals surface area contributed by atoms with Crippen molar-refractivity contribution in [1.29, 1.82) is 0 Å². The molecule has 0 aliphatic carbocycles. The largest absolute Gasteiger partial charge is 0.457 e. The molecule has 0 saturated carbocycles. The van der Waals surface area contributed by atoms with Crippen molar-refractivity contribution < 1.29 is 14.4 Å². The highest BCUT2D eigenvalue weighted by molar-refractivity contribution is 5.91. The van der Waals surface area contributed by atoms with Crippen LogP contribution in [0.5, 0.6) is 11.5 Å². The summed E-state index contributed by atoms with van der Waals surface area (Å²) in [6.07, 6.45) is 1.27. The second-order valence-corrected chi connectivity index (χ2v) is 7.27. The molecule has 132 valence electrons. The zero-order valence-electron chi connectivity index (χ0n) is 15.0. The van der Waals surface area contributed by atoms with Crippen LogP contribution in [0.3, 0.4) is 0 Å². The maximum Gasteiger partial charge on any atom is 0.279 e. The molecule has 0 aromatic heterocycles. The highest BCUT2D eigenvalue weighted by Gasteiger charge is 2.26. The second kappa shape index (κ2) is 8.17. The van der Waals surface area contributed by atoms with E-state index < -0.39 is 0 Å². The number of amides is 1. The monoisotopic (exact) mass is 339 g/mol. The molecule has 2 aromatic carbocycles. The molecule has 1 aliphatic rings. The van der Waals surface area contributed by atoms with Gasteiger partial charge in [-0.05, 0) is 42.8 Å². The van der Waals surface area contributed by atoms with Crippen LogP contribution < -0.4 is 15.0 Å². The molecule has 0 bridgehead atoms. The Kier molecular flexibility index (Phi) is 5.71. The van der Waals surface area contributed by atoms with E-state index in [9.17, 15) is 4.79 Å². The van der Waals surface area contributed by atoms with Crippen LogP contribution in [-0.4, -0.2) is 25.5 Å². The average Bonchev–Trinajstić information content (AvgIpc) is 2.56. The number of hydrogen-bond acceptors (Lipinski definition) is 2. The summed E-state index contributed by atoms with van der Waals surface area (Å²) in [5, 5.41) is 2.99. The van der Waals surface area contributed by atoms with Crippen molar-refractivity contribution in [2.75, 3.05) is 25.0 Å². The fraction of sp³-hybridized carbons (Fsp3) is 0.381. The number of likely N-dealkylation sites (tertiary alicyclic amines) is 1. The van der Waals surface area contributed by atoms with Gasteiger partial charge in [-0.15, -0.1) is 0 Å². The number of rotatable bonds is 5. The summed E-state index contributed by atoms with van der Waals surface area (Å²) in [5.74, 6) is 3.03. The van der Waals surface area contributed by atoms with Crippen molar-refractivity contribution in [2.24, 2.45) is 11.8 Å². The van der Waals surface area contributed by atoms with Gasteiger partial charge in [-0.25, -0.2) is 0 Å². The molecule has 4 nitrogen and oxygen atoms in total. The number of quaternary nitrogens is 1. The van der Waals surface area contributed by atoms with Crippen LogP contribution in [0.25, 0.3) is 0 Å². The van der Waals surface area contributed by atoms with Gasteiger partial charge in [-0.3, -0.25) is 4.79 Å². The van der Waals surface area contributed by atoms with E-state index in [1.165, 1.54) is 11.3 Å². The number of piperidine rings is 1. The Bertz CT molecular complexity index is 675. The molecule has 1 fully saturated rings. The Balaban J connectivity index is 1.51. The zero-order chi connectivity index (χ0) is 17.6. The van der Waals surface area contributed by atoms with Gasteiger partial charge in [0.05, 0.1) is 13.1 Å². The fourth-order valence-electron chi connectivity index (χ4n) is 3.73. The third-order valence-electron chi connectivity index (χ3n) is 4.61. The summed E-state index contributed by atoms with van der Waals surface area (Å²) in [6, 6.07) is 17.2. The van der Waals surface area contributed by atoms with Gasteiger partial charge in [0.1, 0.15) is 11.5 Å². The van der Waals surface area contributed by atoms with Crippen molar-refractivity contribution in [3.63, 3.8) is 0 Å². The normalized spacial score (nSPS) is 23.0. The van der Waals surface area contributed by atoms with E-state index in [1.807, 2.05) is 54.6 Å². The van der Waals surface area contributed by atoms with Crippen molar-refractivity contribution in [1.82, 2.24) is 0 Å². The molecule has 25 heavy (non-hydrogen) atoms. The summed E-state index contributed by atoms with van der Waals surface area (Å²) < 4.78 is 5.77. The topological polar surface area (TPSA) is 42.8 Å². The molecule has 1 amide bonds. The van der Waals surface area contributed by atoms with Crippen LogP contribution in [0.2, 0.25) is 0 Å². The van der Waals surface area contributed by atoms with Crippen molar-refractivity contribution in [3.8, 4) is 11.5 Å². The minimum absolute atomic E-state index is 0.0769. The van der Waals surface area contributed by atoms with Crippen LogP contribution in [0.4, 0.5) is 5.69 Å². The summed E-state index contributed by atoms with van der Waals surface area (Å²) in [7, 11) is 0. The lowest BCUT2D eigenvalue weighted by Gasteiger charge is -2.31. The molecule has 2 N–H and O–H groups in total. The molecule has 0 unspecified atom stereocenters. The number of carbonyl (C=O) groups is 1. The van der Waals surface area contributed by atoms with Gasteiger partial charge in [-0.2, -0.15) is 0 Å². The lowest BCUT2D eigenvalue weighted by atomic mass is 9.92. The SMILES string of the molecule is C[C@H]1C[C@H](C)C[NH+](CC(=O)Nc2ccc(Oc3ccccc3)cc2)C1. The van der Waals surface area contributed by atoms with Gasteiger partial charge in [0, 0.05) is 17.5 Å². The van der Waals surface area contributed by atoms with Crippen molar-refractivity contribution >= 4 is 11.6 Å². The van der Waals surface area contributed by atoms with Gasteiger partial charge < -0.3 is 15.0 Å². The quantitative estimate of drug-likeness (QED) is 0.879. The highest BCUT2D eigenvalue weighted by atomic mass is 16.5. The second-order valence-electron chi connectivity index (χ2n) is 7.27. The zero-order valence-corrected chi connectivity index (χ0v) is 15.0. The van der Waals surface area contributed by atoms with Crippen molar-refractivity contribution in [2.45, 2.75) is 20.3 Å². The number of carbonyl (C=O) groups excluding carboxylic acids is 1. The van der Waals surface area contributed by atoms with Gasteiger partial charge in [-0.1, -0.05) is 32.0 Å². The number of ether oxygens (including phenoxy) is 1. The molecule has 1 aliphatic heterocycles. The van der Waals surface area contributed by atoms with E-state index in [4.69, 9.17) is 4.74 Å². The van der Waals surface area contributed by atoms with Crippen LogP contribution >= 0.6 is 0 Å². The van der Waals surface area contributed by atoms with E-state index in [1.54, 1.807) is 0 Å². The van der Waals surface area contributed by atoms with E-state index in [0.717, 1.165) is 30.3 Å². The van der Waals surface area contributed by atoms with E-state index in [-0.39, 0.29) is 5.91 Å². The van der Waals surface area contributed by atoms with Crippen LogP contribution in [0.15, 0.2) is 54.6 Å². The molecule has 2 atom stereocenters. The summed E-state index contributed by atoms with van der Waals surface area (Å²) in [4.78, 5) is 13.7. The lowest BCUT2D eigenvalue weighted by Crippen LogP contribution is -3.15. The third-order valence-corrected chi connectivity index (χ3v) is 4.61. The van der Waals surface area contributed by atoms with Crippen molar-refractivity contribution in [3.05, 3.63) is 54.6 Å². The number of hydrogen-bond donors (Lipinski definition) is 2. The molecule has 1 saturated heterocycles. The fourth-order valence-corrected chi connectivity index (χ4v) is 3.73. The van der Waals surface area contributed by atoms with Crippen LogP contribution in [-0.2, 0) is 4.79 Å². The van der Waals surface area contributed by atoms with Gasteiger partial charge >= 0.3 is 0 Å². The Labute approximate surface area is 149 Å². The number of benzene rings is 2. The van der Waals surface area contributed by atoms with E-state index >= 15 is 0 Å². The van der Waals surface area contributed by atoms with Gasteiger partial charge in [0.15, 0.2) is 6.54 Å². The van der Waals surface area contributed by atoms with Crippen LogP contribution in [0, 0.1) is 11.8 Å². The minimum Gasteiger partial charge on any atom is -0.457 e. The first-order valence-corrected chi connectivity index (χ1v) is 9.05. The Morgan fingerprint density at radius 3 is 2.24 bits per heavy atom. The predicted octanol–water partition coefficient (Wildman–Crippen LogP) is 2.98. The van der Waals surface area contributed by atoms with E-state index in [2.05, 4.69) is 19.2 Å². The third kappa shape index (κ3) is 5.33. The Morgan fingerprint density at radius 1 is 1.00 bits per heavy atom. The molecule has 0 radical (unpaired) electrons. The first-order valence-electron chi connectivity index (χ1n) is 9.05. The maximum absolute atomic E-state index is 12.3. The standard InChI is InChI=1S/C21H26N2O2/c1-16-12-17(2)14-23(13-16)15-21(24)22-18-8-10-20(11-9-18)25-19-6-4-3-5-7-19/h3-11,16-17H,12-15H2,1-2H3,(H,22,24)/p+1/t16-,17-/m0/s1. The molecule has 1 heterocycles. The van der Waals surface area contributed by atoms with Crippen LogP contribution in [0.1, 0.15) is 20.3 Å². The summed E-state index contributed by atoms with van der Waals surface area (Å²) >= 11 is 0. The molecule has 3 rings (SSSR count). The first kappa shape index (κ1) is 17.5. The van der Waals surface area contributed by atoms with Gasteiger partial charge in [0.25, 0.3) is 5.91 Å². The molecule has 2 aromatic rings. The average molecular weight is 339 g/mol. The Hall–Kier alpha value is -2.33. The molecule has 0 spiro atoms. The molecular weight excluding hydrogens is 312 g/mol. The number of anilines is 1. The minimum atomic E-state index is 0.0769. The Morgan fingerprint density at radius 2 is 1.60 bits per heavy atom. The summed E-state index contributed by atoms with van der Waals surface area (Å²) in [6.45, 7) is 7.26. The lowest BCUT2D eigenvalue weighted by molar-refractivity contribution is -0.904. The van der Waals surface area contributed by atoms with Gasteiger partial charge in [0.2, 0.25) is 0 Å². The number of para-hydroxylation sites is 1. The molecule has 4 heteroatoms. The smallest absolute Gasteiger partial charge is 0.279 e. The predicted molar refractivity (Wildman–Crippen MR) is 100 cm³/mol. The van der Waals surface area contributed by atoms with E-state index in [0.29, 0.717) is 18.4 Å². The highest BCUT2D eigenvalue weighted by Crippen LogP contribution is 2.22.